The highest BCUT2D eigenvalue weighted by molar-refractivity contribution is 5.78. The highest BCUT2D eigenvalue weighted by Gasteiger charge is 2.30. The number of aryl methyl sites for hydroxylation is 1. The monoisotopic (exact) mass is 286 g/mol. The summed E-state index contributed by atoms with van der Waals surface area (Å²) in [6.45, 7) is 1.86. The van der Waals surface area contributed by atoms with Gasteiger partial charge >= 0.3 is 6.18 Å². The van der Waals surface area contributed by atoms with Gasteiger partial charge in [0.1, 0.15) is 0 Å². The third-order valence-electron chi connectivity index (χ3n) is 2.94. The molecular formula is C13H13F3N2O2. The van der Waals surface area contributed by atoms with E-state index in [1.807, 2.05) is 0 Å². The second-order valence-corrected chi connectivity index (χ2v) is 4.61. The van der Waals surface area contributed by atoms with E-state index in [2.05, 4.69) is 4.98 Å². The molecule has 1 heterocycles. The minimum Gasteiger partial charge on any atom is -0.393 e. The van der Waals surface area contributed by atoms with E-state index in [1.165, 1.54) is 10.9 Å². The Morgan fingerprint density at radius 2 is 2.10 bits per heavy atom. The topological polar surface area (TPSA) is 55.1 Å². The predicted octanol–water partition coefficient (Wildman–Crippen LogP) is 2.19. The average molecular weight is 286 g/mol. The second-order valence-electron chi connectivity index (χ2n) is 4.61. The molecule has 0 radical (unpaired) electrons. The zero-order valence-corrected chi connectivity index (χ0v) is 10.7. The first-order valence-corrected chi connectivity index (χ1v) is 6.03. The Bertz CT molecular complexity index is 677. The van der Waals surface area contributed by atoms with Crippen LogP contribution in [0.15, 0.2) is 29.3 Å². The minimum absolute atomic E-state index is 0.0121. The highest BCUT2D eigenvalue weighted by atomic mass is 19.4. The van der Waals surface area contributed by atoms with Crippen LogP contribution in [0.5, 0.6) is 0 Å². The van der Waals surface area contributed by atoms with Crippen LogP contribution in [0, 0.1) is 0 Å². The molecule has 2 rings (SSSR count). The Balaban J connectivity index is 2.45. The lowest BCUT2D eigenvalue weighted by atomic mass is 10.1. The van der Waals surface area contributed by atoms with Crippen molar-refractivity contribution in [3.63, 3.8) is 0 Å². The van der Waals surface area contributed by atoms with Gasteiger partial charge in [0.15, 0.2) is 0 Å². The Labute approximate surface area is 112 Å². The molecule has 4 nitrogen and oxygen atoms in total. The van der Waals surface area contributed by atoms with Crippen molar-refractivity contribution >= 4 is 10.9 Å². The summed E-state index contributed by atoms with van der Waals surface area (Å²) in [6.07, 6.45) is -3.46. The largest absolute Gasteiger partial charge is 0.416 e. The summed E-state index contributed by atoms with van der Waals surface area (Å²) in [5.74, 6) is 0. The zero-order chi connectivity index (χ0) is 14.9. The number of aliphatic hydroxyl groups is 1. The number of nitrogens with zero attached hydrogens (tertiary/aromatic N) is 2. The summed E-state index contributed by atoms with van der Waals surface area (Å²) >= 11 is 0. The molecule has 7 heteroatoms. The summed E-state index contributed by atoms with van der Waals surface area (Å²) in [5.41, 5.74) is -1.24. The maximum atomic E-state index is 12.6. The van der Waals surface area contributed by atoms with Crippen LogP contribution in [0.1, 0.15) is 18.9 Å². The van der Waals surface area contributed by atoms with Gasteiger partial charge in [-0.2, -0.15) is 13.2 Å². The van der Waals surface area contributed by atoms with Crippen molar-refractivity contribution in [3.8, 4) is 0 Å². The molecule has 1 aromatic heterocycles. The van der Waals surface area contributed by atoms with E-state index < -0.39 is 23.4 Å². The number of fused-ring (bicyclic) bond motifs is 1. The quantitative estimate of drug-likeness (QED) is 0.941. The van der Waals surface area contributed by atoms with E-state index in [-0.39, 0.29) is 17.4 Å². The van der Waals surface area contributed by atoms with Crippen LogP contribution in [0.4, 0.5) is 13.2 Å². The first-order valence-electron chi connectivity index (χ1n) is 6.03. The number of aliphatic hydroxyl groups excluding tert-OH is 1. The maximum Gasteiger partial charge on any atom is 0.416 e. The van der Waals surface area contributed by atoms with Crippen molar-refractivity contribution in [2.75, 3.05) is 0 Å². The first kappa shape index (κ1) is 14.5. The van der Waals surface area contributed by atoms with Crippen LogP contribution in [0.2, 0.25) is 0 Å². The Morgan fingerprint density at radius 3 is 2.70 bits per heavy atom. The molecule has 0 aliphatic rings. The molecule has 0 amide bonds. The maximum absolute atomic E-state index is 12.6. The summed E-state index contributed by atoms with van der Waals surface area (Å²) in [4.78, 5) is 15.9. The van der Waals surface area contributed by atoms with Crippen LogP contribution < -0.4 is 5.56 Å². The van der Waals surface area contributed by atoms with Gasteiger partial charge in [-0.25, -0.2) is 4.98 Å². The lowest BCUT2D eigenvalue weighted by molar-refractivity contribution is -0.137. The third-order valence-corrected chi connectivity index (χ3v) is 2.94. The Kier molecular flexibility index (Phi) is 3.80. The molecule has 20 heavy (non-hydrogen) atoms. The molecule has 1 aromatic carbocycles. The van der Waals surface area contributed by atoms with Crippen molar-refractivity contribution in [1.82, 2.24) is 9.55 Å². The van der Waals surface area contributed by atoms with Gasteiger partial charge in [0, 0.05) is 6.54 Å². The van der Waals surface area contributed by atoms with Crippen molar-refractivity contribution in [2.45, 2.75) is 32.2 Å². The number of benzene rings is 1. The van der Waals surface area contributed by atoms with Crippen LogP contribution >= 0.6 is 0 Å². The fourth-order valence-corrected chi connectivity index (χ4v) is 1.82. The van der Waals surface area contributed by atoms with Crippen molar-refractivity contribution < 1.29 is 18.3 Å². The fraction of sp³-hybridized carbons (Fsp3) is 0.385. The van der Waals surface area contributed by atoms with Crippen LogP contribution in [-0.4, -0.2) is 20.8 Å². The number of rotatable bonds is 3. The first-order chi connectivity index (χ1) is 9.29. The lowest BCUT2D eigenvalue weighted by Crippen LogP contribution is -2.22. The van der Waals surface area contributed by atoms with Crippen LogP contribution in [0.3, 0.4) is 0 Å². The van der Waals surface area contributed by atoms with E-state index in [1.54, 1.807) is 6.92 Å². The summed E-state index contributed by atoms with van der Waals surface area (Å²) in [7, 11) is 0. The summed E-state index contributed by atoms with van der Waals surface area (Å²) < 4.78 is 39.0. The van der Waals surface area contributed by atoms with Gasteiger partial charge in [0.05, 0.1) is 28.9 Å². The van der Waals surface area contributed by atoms with Gasteiger partial charge in [-0.05, 0) is 31.5 Å². The van der Waals surface area contributed by atoms with Crippen molar-refractivity contribution in [2.24, 2.45) is 0 Å². The van der Waals surface area contributed by atoms with Gasteiger partial charge in [0.25, 0.3) is 5.56 Å². The molecule has 0 aliphatic carbocycles. The molecule has 0 saturated carbocycles. The molecule has 0 spiro atoms. The van der Waals surface area contributed by atoms with E-state index >= 15 is 0 Å². The predicted molar refractivity (Wildman–Crippen MR) is 67.3 cm³/mol. The van der Waals surface area contributed by atoms with Crippen LogP contribution in [0.25, 0.3) is 10.9 Å². The molecule has 1 N–H and O–H groups in total. The standard InChI is InChI=1S/C13H13F3N2O2/c1-8(19)4-5-18-7-17-11-6-9(13(14,15)16)2-3-10(11)12(18)20/h2-3,6-8,19H,4-5H2,1H3. The van der Waals surface area contributed by atoms with E-state index in [4.69, 9.17) is 0 Å². The molecule has 0 aliphatic heterocycles. The molecule has 1 unspecified atom stereocenters. The minimum atomic E-state index is -4.46. The Hall–Kier alpha value is -1.89. The fourth-order valence-electron chi connectivity index (χ4n) is 1.82. The van der Waals surface area contributed by atoms with E-state index in [9.17, 15) is 23.1 Å². The van der Waals surface area contributed by atoms with Gasteiger partial charge < -0.3 is 5.11 Å². The van der Waals surface area contributed by atoms with Gasteiger partial charge in [-0.3, -0.25) is 9.36 Å². The molecule has 2 aromatic rings. The number of alkyl halides is 3. The molecule has 0 bridgehead atoms. The van der Waals surface area contributed by atoms with Crippen molar-refractivity contribution in [3.05, 3.63) is 40.4 Å². The number of halogens is 3. The number of hydrogen-bond donors (Lipinski definition) is 1. The smallest absolute Gasteiger partial charge is 0.393 e. The second kappa shape index (κ2) is 5.24. The average Bonchev–Trinajstić information content (AvgIpc) is 2.36. The molecule has 0 fully saturated rings. The summed E-state index contributed by atoms with van der Waals surface area (Å²) in [5, 5.41) is 9.31. The van der Waals surface area contributed by atoms with E-state index in [0.29, 0.717) is 6.42 Å². The normalized spacial score (nSPS) is 13.7. The van der Waals surface area contributed by atoms with Gasteiger partial charge in [0.2, 0.25) is 0 Å². The van der Waals surface area contributed by atoms with Crippen molar-refractivity contribution in [1.29, 1.82) is 0 Å². The number of aromatic nitrogens is 2. The summed E-state index contributed by atoms with van der Waals surface area (Å²) in [6, 6.07) is 2.85. The van der Waals surface area contributed by atoms with E-state index in [0.717, 1.165) is 18.2 Å². The third kappa shape index (κ3) is 2.98. The molecule has 0 saturated heterocycles. The molecule has 1 atom stereocenters. The molecule has 108 valence electrons. The van der Waals surface area contributed by atoms with Gasteiger partial charge in [-0.1, -0.05) is 0 Å². The SMILES string of the molecule is CC(O)CCn1cnc2cc(C(F)(F)F)ccc2c1=O. The van der Waals surface area contributed by atoms with Gasteiger partial charge in [-0.15, -0.1) is 0 Å². The Morgan fingerprint density at radius 1 is 1.40 bits per heavy atom. The van der Waals surface area contributed by atoms with Crippen LogP contribution in [-0.2, 0) is 12.7 Å². The molecular weight excluding hydrogens is 273 g/mol. The zero-order valence-electron chi connectivity index (χ0n) is 10.7. The lowest BCUT2D eigenvalue weighted by Gasteiger charge is -2.10. The number of hydrogen-bond acceptors (Lipinski definition) is 3. The highest BCUT2D eigenvalue weighted by Crippen LogP contribution is 2.30.